The van der Waals surface area contributed by atoms with E-state index in [2.05, 4.69) is 33.8 Å². The van der Waals surface area contributed by atoms with Gasteiger partial charge in [-0.25, -0.2) is 0 Å². The molecule has 0 fully saturated rings. The van der Waals surface area contributed by atoms with Crippen molar-refractivity contribution < 1.29 is 0 Å². The minimum Gasteiger partial charge on any atom is -0.0845 e. The summed E-state index contributed by atoms with van der Waals surface area (Å²) >= 11 is 0. The second kappa shape index (κ2) is 2.41. The van der Waals surface area contributed by atoms with Gasteiger partial charge < -0.3 is 0 Å². The van der Waals surface area contributed by atoms with E-state index in [4.69, 9.17) is 0 Å². The van der Waals surface area contributed by atoms with Crippen molar-refractivity contribution in [3.8, 4) is 0 Å². The van der Waals surface area contributed by atoms with Gasteiger partial charge in [0.1, 0.15) is 0 Å². The van der Waals surface area contributed by atoms with Crippen molar-refractivity contribution in [2.75, 3.05) is 0 Å². The third-order valence-corrected chi connectivity index (χ3v) is 2.34. The van der Waals surface area contributed by atoms with Crippen molar-refractivity contribution in [3.63, 3.8) is 0 Å². The Morgan fingerprint density at radius 3 is 2.20 bits per heavy atom. The first kappa shape index (κ1) is 7.84. The Kier molecular flexibility index (Phi) is 1.89. The molecule has 0 saturated carbocycles. The molecule has 1 rings (SSSR count). The molecule has 0 aromatic carbocycles. The van der Waals surface area contributed by atoms with Crippen LogP contribution in [0.2, 0.25) is 0 Å². The van der Waals surface area contributed by atoms with Crippen molar-refractivity contribution in [2.24, 2.45) is 11.3 Å². The molecule has 0 N–H and O–H groups in total. The monoisotopic (exact) mass is 138 g/mol. The average molecular weight is 138 g/mol. The summed E-state index contributed by atoms with van der Waals surface area (Å²) in [7, 11) is 0. The minimum absolute atomic E-state index is 0.555. The molecule has 0 radical (unpaired) electrons. The Hall–Kier alpha value is -0.260. The first-order chi connectivity index (χ1) is 4.51. The topological polar surface area (TPSA) is 0 Å². The lowest BCUT2D eigenvalue weighted by atomic mass is 9.87. The molecule has 0 aromatic heterocycles. The van der Waals surface area contributed by atoms with E-state index in [9.17, 15) is 0 Å². The van der Waals surface area contributed by atoms with E-state index in [1.165, 1.54) is 12.8 Å². The van der Waals surface area contributed by atoms with E-state index in [-0.39, 0.29) is 0 Å². The number of rotatable bonds is 1. The van der Waals surface area contributed by atoms with E-state index in [0.29, 0.717) is 5.41 Å². The van der Waals surface area contributed by atoms with Gasteiger partial charge in [0.05, 0.1) is 0 Å². The van der Waals surface area contributed by atoms with E-state index in [1.54, 1.807) is 5.57 Å². The zero-order chi connectivity index (χ0) is 7.78. The van der Waals surface area contributed by atoms with Crippen molar-refractivity contribution in [1.82, 2.24) is 0 Å². The van der Waals surface area contributed by atoms with Crippen LogP contribution in [0.25, 0.3) is 0 Å². The summed E-state index contributed by atoms with van der Waals surface area (Å²) in [5.41, 5.74) is 2.21. The molecule has 0 nitrogen and oxygen atoms in total. The average Bonchev–Trinajstić information content (AvgIpc) is 2.10. The molecule has 0 spiro atoms. The Labute approximate surface area is 64.3 Å². The lowest BCUT2D eigenvalue weighted by Gasteiger charge is -2.17. The normalized spacial score (nSPS) is 23.5. The van der Waals surface area contributed by atoms with Gasteiger partial charge in [0.15, 0.2) is 0 Å². The van der Waals surface area contributed by atoms with Gasteiger partial charge in [-0.15, -0.1) is 0 Å². The number of hydrogen-bond donors (Lipinski definition) is 0. The van der Waals surface area contributed by atoms with Crippen LogP contribution in [-0.4, -0.2) is 0 Å². The molecule has 0 bridgehead atoms. The van der Waals surface area contributed by atoms with Crippen LogP contribution < -0.4 is 0 Å². The van der Waals surface area contributed by atoms with Crippen molar-refractivity contribution >= 4 is 0 Å². The predicted octanol–water partition coefficient (Wildman–Crippen LogP) is 3.39. The minimum atomic E-state index is 0.555. The lowest BCUT2D eigenvalue weighted by Crippen LogP contribution is -2.06. The van der Waals surface area contributed by atoms with Gasteiger partial charge >= 0.3 is 0 Å². The zero-order valence-electron chi connectivity index (χ0n) is 7.57. The van der Waals surface area contributed by atoms with Crippen molar-refractivity contribution in [1.29, 1.82) is 0 Å². The molecule has 0 aromatic rings. The van der Waals surface area contributed by atoms with Gasteiger partial charge in [-0.2, -0.15) is 0 Å². The third-order valence-electron chi connectivity index (χ3n) is 2.34. The summed E-state index contributed by atoms with van der Waals surface area (Å²) in [5, 5.41) is 0. The van der Waals surface area contributed by atoms with Crippen LogP contribution in [0.15, 0.2) is 11.6 Å². The van der Waals surface area contributed by atoms with Crippen molar-refractivity contribution in [2.45, 2.75) is 40.5 Å². The highest BCUT2D eigenvalue weighted by Crippen LogP contribution is 2.38. The molecule has 10 heavy (non-hydrogen) atoms. The first-order valence-corrected chi connectivity index (χ1v) is 4.20. The van der Waals surface area contributed by atoms with Gasteiger partial charge in [0.2, 0.25) is 0 Å². The molecule has 0 amide bonds. The van der Waals surface area contributed by atoms with Gasteiger partial charge in [0, 0.05) is 0 Å². The fourth-order valence-electron chi connectivity index (χ4n) is 1.54. The molecule has 1 aliphatic rings. The maximum Gasteiger partial charge on any atom is -0.0260 e. The van der Waals surface area contributed by atoms with Crippen LogP contribution in [0.5, 0.6) is 0 Å². The number of hydrogen-bond acceptors (Lipinski definition) is 0. The molecule has 0 saturated heterocycles. The van der Waals surface area contributed by atoms with Crippen molar-refractivity contribution in [3.05, 3.63) is 11.6 Å². The molecule has 0 heterocycles. The van der Waals surface area contributed by atoms with E-state index >= 15 is 0 Å². The van der Waals surface area contributed by atoms with Gasteiger partial charge in [-0.1, -0.05) is 39.3 Å². The maximum absolute atomic E-state index is 2.42. The molecule has 0 unspecified atom stereocenters. The second-order valence-electron chi connectivity index (χ2n) is 4.48. The molecule has 0 heteroatoms. The largest absolute Gasteiger partial charge is 0.0845 e. The summed E-state index contributed by atoms with van der Waals surface area (Å²) in [4.78, 5) is 0. The Balaban J connectivity index is 2.55. The molecular formula is C10H18. The summed E-state index contributed by atoms with van der Waals surface area (Å²) in [5.74, 6) is 0.766. The molecule has 0 aliphatic heterocycles. The van der Waals surface area contributed by atoms with Gasteiger partial charge in [0.25, 0.3) is 0 Å². The summed E-state index contributed by atoms with van der Waals surface area (Å²) in [6.45, 7) is 9.26. The SMILES string of the molecule is CC(C)C1=CCC(C)(C)C1. The van der Waals surface area contributed by atoms with Crippen LogP contribution in [0.1, 0.15) is 40.5 Å². The molecular weight excluding hydrogens is 120 g/mol. The van der Waals surface area contributed by atoms with Crippen LogP contribution in [0.4, 0.5) is 0 Å². The molecule has 58 valence electrons. The highest BCUT2D eigenvalue weighted by Gasteiger charge is 2.25. The summed E-state index contributed by atoms with van der Waals surface area (Å²) in [6, 6.07) is 0. The smallest absolute Gasteiger partial charge is 0.0260 e. The summed E-state index contributed by atoms with van der Waals surface area (Å²) in [6.07, 6.45) is 5.01. The fourth-order valence-corrected chi connectivity index (χ4v) is 1.54. The standard InChI is InChI=1S/C10H18/c1-8(2)9-5-6-10(3,4)7-9/h5,8H,6-7H2,1-4H3. The Bertz CT molecular complexity index is 149. The molecule has 1 aliphatic carbocycles. The van der Waals surface area contributed by atoms with Crippen LogP contribution in [0, 0.1) is 11.3 Å². The van der Waals surface area contributed by atoms with Crippen LogP contribution in [0.3, 0.4) is 0 Å². The van der Waals surface area contributed by atoms with Crippen LogP contribution in [-0.2, 0) is 0 Å². The quantitative estimate of drug-likeness (QED) is 0.487. The van der Waals surface area contributed by atoms with E-state index in [0.717, 1.165) is 5.92 Å². The Morgan fingerprint density at radius 1 is 1.40 bits per heavy atom. The van der Waals surface area contributed by atoms with Crippen LogP contribution >= 0.6 is 0 Å². The molecule has 0 atom stereocenters. The van der Waals surface area contributed by atoms with E-state index in [1.807, 2.05) is 0 Å². The first-order valence-electron chi connectivity index (χ1n) is 4.20. The second-order valence-corrected chi connectivity index (χ2v) is 4.48. The lowest BCUT2D eigenvalue weighted by molar-refractivity contribution is 0.386. The highest BCUT2D eigenvalue weighted by atomic mass is 14.3. The Morgan fingerprint density at radius 2 is 2.00 bits per heavy atom. The highest BCUT2D eigenvalue weighted by molar-refractivity contribution is 5.14. The maximum atomic E-state index is 2.42. The van der Waals surface area contributed by atoms with Gasteiger partial charge in [-0.05, 0) is 24.2 Å². The number of allylic oxidation sites excluding steroid dienone is 2. The summed E-state index contributed by atoms with van der Waals surface area (Å²) < 4.78 is 0. The predicted molar refractivity (Wildman–Crippen MR) is 45.9 cm³/mol. The third kappa shape index (κ3) is 1.62. The van der Waals surface area contributed by atoms with E-state index < -0.39 is 0 Å². The fraction of sp³-hybridized carbons (Fsp3) is 0.800. The zero-order valence-corrected chi connectivity index (χ0v) is 7.57. The van der Waals surface area contributed by atoms with Gasteiger partial charge in [-0.3, -0.25) is 0 Å².